The van der Waals surface area contributed by atoms with E-state index in [2.05, 4.69) is 0 Å². The number of likely N-dealkylation sites (tertiary alicyclic amines) is 2. The van der Waals surface area contributed by atoms with E-state index in [0.29, 0.717) is 12.0 Å². The van der Waals surface area contributed by atoms with Crippen LogP contribution in [-0.4, -0.2) is 77.5 Å². The van der Waals surface area contributed by atoms with Gasteiger partial charge in [-0.1, -0.05) is 24.1 Å². The van der Waals surface area contributed by atoms with Crippen LogP contribution in [0.25, 0.3) is 0 Å². The molecule has 1 saturated carbocycles. The maximum atomic E-state index is 14.5. The lowest BCUT2D eigenvalue weighted by molar-refractivity contribution is -0.249. The molecule has 0 bridgehead atoms. The van der Waals surface area contributed by atoms with E-state index < -0.39 is 53.1 Å². The summed E-state index contributed by atoms with van der Waals surface area (Å²) in [4.78, 5) is 44.1. The Morgan fingerprint density at radius 2 is 1.66 bits per heavy atom. The number of carbonyl (C=O) groups excluding carboxylic acids is 3. The monoisotopic (exact) mass is 641 g/mol. The zero-order valence-corrected chi connectivity index (χ0v) is 24.8. The van der Waals surface area contributed by atoms with E-state index in [1.165, 1.54) is 34.1 Å². The quantitative estimate of drug-likeness (QED) is 0.342. The lowest BCUT2D eigenvalue weighted by Gasteiger charge is -2.45. The van der Waals surface area contributed by atoms with Gasteiger partial charge in [0.25, 0.3) is 0 Å². The highest BCUT2D eigenvalue weighted by Crippen LogP contribution is 2.54. The predicted molar refractivity (Wildman–Crippen MR) is 151 cm³/mol. The average Bonchev–Trinajstić information content (AvgIpc) is 3.39. The number of hydrogen-bond acceptors (Lipinski definition) is 4. The number of nitrogens with zero attached hydrogens (tertiary/aromatic N) is 3. The van der Waals surface area contributed by atoms with Crippen LogP contribution in [0.2, 0.25) is 5.02 Å². The molecule has 44 heavy (non-hydrogen) atoms. The maximum Gasteiger partial charge on any atom is 0.415 e. The molecule has 2 aromatic carbocycles. The van der Waals surface area contributed by atoms with Crippen LogP contribution < -0.4 is 4.74 Å². The largest absolute Gasteiger partial charge is 0.415 e. The van der Waals surface area contributed by atoms with Gasteiger partial charge < -0.3 is 19.4 Å². The van der Waals surface area contributed by atoms with Gasteiger partial charge in [0.1, 0.15) is 22.8 Å². The number of likely N-dealkylation sites (N-methyl/N-ethyl adjacent to an activating group) is 1. The normalized spacial score (nSPS) is 22.0. The van der Waals surface area contributed by atoms with Gasteiger partial charge in [-0.25, -0.2) is 13.6 Å². The highest BCUT2D eigenvalue weighted by atomic mass is 35.5. The van der Waals surface area contributed by atoms with Crippen molar-refractivity contribution in [3.05, 3.63) is 64.7 Å². The smallest absolute Gasteiger partial charge is 0.410 e. The standard InChI is InChI=1S/C31H33ClF5N3O4/c1-2-40(29(43)44-22-7-5-21(33)6-8-22)26-18-39(17-23(26)20-4-9-24(32)25(34)16-20)27(41)19-10-14-38(15-11-19)28(42)30(12-3-13-30)31(35,36)37/h4-9,16,19,23,26H,2-3,10-15,17-18H2,1H3/t23?,26-/m1/s1. The van der Waals surface area contributed by atoms with Gasteiger partial charge in [0.05, 0.1) is 11.1 Å². The number of alkyl halides is 3. The number of amides is 3. The summed E-state index contributed by atoms with van der Waals surface area (Å²) in [5, 5.41) is -0.0743. The van der Waals surface area contributed by atoms with Gasteiger partial charge in [-0.15, -0.1) is 0 Å². The highest BCUT2D eigenvalue weighted by Gasteiger charge is 2.64. The first-order chi connectivity index (χ1) is 20.8. The first-order valence-electron chi connectivity index (χ1n) is 14.7. The fourth-order valence-corrected chi connectivity index (χ4v) is 6.67. The second-order valence-corrected chi connectivity index (χ2v) is 12.1. The van der Waals surface area contributed by atoms with E-state index in [9.17, 15) is 36.3 Å². The van der Waals surface area contributed by atoms with Crippen molar-refractivity contribution in [2.24, 2.45) is 11.3 Å². The van der Waals surface area contributed by atoms with Gasteiger partial charge in [-0.3, -0.25) is 9.59 Å². The van der Waals surface area contributed by atoms with Gasteiger partial charge in [0.2, 0.25) is 11.8 Å². The van der Waals surface area contributed by atoms with Gasteiger partial charge >= 0.3 is 12.3 Å². The van der Waals surface area contributed by atoms with Crippen molar-refractivity contribution in [2.45, 2.75) is 57.2 Å². The van der Waals surface area contributed by atoms with Crippen molar-refractivity contribution in [3.8, 4) is 5.75 Å². The minimum atomic E-state index is -4.61. The Hall–Kier alpha value is -3.41. The highest BCUT2D eigenvalue weighted by molar-refractivity contribution is 6.30. The van der Waals surface area contributed by atoms with Crippen molar-refractivity contribution < 1.29 is 41.1 Å². The molecule has 3 amide bonds. The van der Waals surface area contributed by atoms with Gasteiger partial charge in [0.15, 0.2) is 0 Å². The summed E-state index contributed by atoms with van der Waals surface area (Å²) < 4.78 is 74.5. The van der Waals surface area contributed by atoms with Crippen molar-refractivity contribution in [2.75, 3.05) is 32.7 Å². The topological polar surface area (TPSA) is 70.2 Å². The molecular formula is C31H33ClF5N3O4. The molecule has 7 nitrogen and oxygen atoms in total. The number of benzene rings is 2. The minimum Gasteiger partial charge on any atom is -0.410 e. The van der Waals surface area contributed by atoms with E-state index in [1.54, 1.807) is 17.9 Å². The molecule has 0 spiro atoms. The van der Waals surface area contributed by atoms with Crippen molar-refractivity contribution in [1.29, 1.82) is 0 Å². The summed E-state index contributed by atoms with van der Waals surface area (Å²) in [7, 11) is 0. The number of carbonyl (C=O) groups is 3. The second kappa shape index (κ2) is 12.5. The van der Waals surface area contributed by atoms with E-state index in [1.807, 2.05) is 0 Å². The number of halogens is 6. The second-order valence-electron chi connectivity index (χ2n) is 11.7. The molecule has 2 aliphatic heterocycles. The first-order valence-corrected chi connectivity index (χ1v) is 15.1. The summed E-state index contributed by atoms with van der Waals surface area (Å²) in [5.41, 5.74) is -1.79. The molecule has 0 N–H and O–H groups in total. The van der Waals surface area contributed by atoms with E-state index >= 15 is 0 Å². The van der Waals surface area contributed by atoms with Crippen LogP contribution in [0.1, 0.15) is 50.5 Å². The van der Waals surface area contributed by atoms with Gasteiger partial charge in [-0.05, 0) is 74.6 Å². The molecule has 13 heteroatoms. The fourth-order valence-electron chi connectivity index (χ4n) is 6.55. The molecule has 3 aliphatic rings. The molecule has 2 saturated heterocycles. The average molecular weight is 642 g/mol. The molecule has 2 aromatic rings. The van der Waals surface area contributed by atoms with E-state index in [-0.39, 0.29) is 75.1 Å². The summed E-state index contributed by atoms with van der Waals surface area (Å²) >= 11 is 5.90. The van der Waals surface area contributed by atoms with Crippen molar-refractivity contribution in [1.82, 2.24) is 14.7 Å². The summed E-state index contributed by atoms with van der Waals surface area (Å²) in [6, 6.07) is 8.65. The number of hydrogen-bond donors (Lipinski definition) is 0. The third-order valence-corrected chi connectivity index (χ3v) is 9.56. The molecule has 5 rings (SSSR count). The fraction of sp³-hybridized carbons (Fsp3) is 0.516. The molecular weight excluding hydrogens is 609 g/mol. The van der Waals surface area contributed by atoms with Gasteiger partial charge in [0, 0.05) is 44.6 Å². The Morgan fingerprint density at radius 1 is 1.00 bits per heavy atom. The molecule has 0 aromatic heterocycles. The molecule has 1 unspecified atom stereocenters. The van der Waals surface area contributed by atoms with Crippen LogP contribution in [0.4, 0.5) is 26.7 Å². The van der Waals surface area contributed by atoms with Crippen LogP contribution in [0.15, 0.2) is 42.5 Å². The zero-order chi connectivity index (χ0) is 31.8. The van der Waals surface area contributed by atoms with E-state index in [0.717, 1.165) is 12.1 Å². The Labute approximate surface area is 256 Å². The predicted octanol–water partition coefficient (Wildman–Crippen LogP) is 6.40. The van der Waals surface area contributed by atoms with Crippen LogP contribution in [0.5, 0.6) is 5.75 Å². The first kappa shape index (κ1) is 32.0. The Bertz CT molecular complexity index is 1390. The van der Waals surface area contributed by atoms with Crippen LogP contribution in [-0.2, 0) is 9.59 Å². The lowest BCUT2D eigenvalue weighted by Crippen LogP contribution is -2.57. The van der Waals surface area contributed by atoms with Crippen LogP contribution >= 0.6 is 11.6 Å². The zero-order valence-electron chi connectivity index (χ0n) is 24.1. The number of rotatable bonds is 6. The minimum absolute atomic E-state index is 0.0429. The number of ether oxygens (including phenoxy) is 1. The number of piperidine rings is 1. The summed E-state index contributed by atoms with van der Waals surface area (Å²) in [5.74, 6) is -3.19. The Kier molecular flexibility index (Phi) is 9.11. The molecule has 238 valence electrons. The molecule has 2 atom stereocenters. The SMILES string of the molecule is CCN(C(=O)Oc1ccc(F)cc1)[C@@H]1CN(C(=O)C2CCN(C(=O)C3(C(F)(F)F)CCC3)CC2)CC1c1ccc(Cl)c(F)c1. The Balaban J connectivity index is 1.31. The van der Waals surface area contributed by atoms with E-state index in [4.69, 9.17) is 16.3 Å². The third kappa shape index (κ3) is 6.09. The van der Waals surface area contributed by atoms with Crippen LogP contribution in [0.3, 0.4) is 0 Å². The summed E-state index contributed by atoms with van der Waals surface area (Å²) in [6.07, 6.45) is -4.99. The molecule has 0 radical (unpaired) electrons. The lowest BCUT2D eigenvalue weighted by atomic mass is 9.67. The van der Waals surface area contributed by atoms with Gasteiger partial charge in [-0.2, -0.15) is 13.2 Å². The van der Waals surface area contributed by atoms with Crippen molar-refractivity contribution >= 4 is 29.5 Å². The third-order valence-electron chi connectivity index (χ3n) is 9.26. The molecule has 1 aliphatic carbocycles. The summed E-state index contributed by atoms with van der Waals surface area (Å²) in [6.45, 7) is 2.28. The molecule has 2 heterocycles. The Morgan fingerprint density at radius 3 is 2.20 bits per heavy atom. The van der Waals surface area contributed by atoms with Crippen molar-refractivity contribution in [3.63, 3.8) is 0 Å². The molecule has 3 fully saturated rings. The van der Waals surface area contributed by atoms with Crippen LogP contribution in [0, 0.1) is 23.0 Å². The maximum absolute atomic E-state index is 14.5.